The molecule has 2 rings (SSSR count). The van der Waals surface area contributed by atoms with Crippen LogP contribution in [0.1, 0.15) is 10.4 Å². The SMILES string of the molecule is O=C(O)c1cncnc1-c1cc(Br)cs1. The lowest BCUT2D eigenvalue weighted by molar-refractivity contribution is 0.0697. The van der Waals surface area contributed by atoms with Crippen molar-refractivity contribution in [2.75, 3.05) is 0 Å². The van der Waals surface area contributed by atoms with Crippen LogP contribution in [0.2, 0.25) is 0 Å². The Kier molecular flexibility index (Phi) is 2.79. The molecular weight excluding hydrogens is 280 g/mol. The molecule has 2 aromatic heterocycles. The van der Waals surface area contributed by atoms with Crippen molar-refractivity contribution in [3.05, 3.63) is 34.0 Å². The Morgan fingerprint density at radius 3 is 2.93 bits per heavy atom. The van der Waals surface area contributed by atoms with E-state index in [0.29, 0.717) is 5.69 Å². The summed E-state index contributed by atoms with van der Waals surface area (Å²) in [6, 6.07) is 1.83. The molecule has 6 heteroatoms. The number of halogens is 1. The predicted molar refractivity (Wildman–Crippen MR) is 60.0 cm³/mol. The van der Waals surface area contributed by atoms with Crippen LogP contribution in [0.3, 0.4) is 0 Å². The monoisotopic (exact) mass is 284 g/mol. The first-order chi connectivity index (χ1) is 7.18. The van der Waals surface area contributed by atoms with Crippen molar-refractivity contribution in [3.63, 3.8) is 0 Å². The van der Waals surface area contributed by atoms with E-state index >= 15 is 0 Å². The van der Waals surface area contributed by atoms with Gasteiger partial charge in [-0.2, -0.15) is 0 Å². The second-order valence-electron chi connectivity index (χ2n) is 2.72. The molecule has 0 aliphatic carbocycles. The number of hydrogen-bond donors (Lipinski definition) is 1. The third-order valence-corrected chi connectivity index (χ3v) is 3.44. The first-order valence-corrected chi connectivity index (χ1v) is 5.63. The first-order valence-electron chi connectivity index (χ1n) is 3.96. The molecule has 0 amide bonds. The van der Waals surface area contributed by atoms with Crippen molar-refractivity contribution >= 4 is 33.2 Å². The summed E-state index contributed by atoms with van der Waals surface area (Å²) in [6.45, 7) is 0. The molecule has 0 unspecified atom stereocenters. The van der Waals surface area contributed by atoms with Crippen molar-refractivity contribution in [3.8, 4) is 10.6 Å². The molecule has 76 valence electrons. The van der Waals surface area contributed by atoms with Gasteiger partial charge in [-0.25, -0.2) is 14.8 Å². The highest BCUT2D eigenvalue weighted by Gasteiger charge is 2.14. The maximum Gasteiger partial charge on any atom is 0.339 e. The smallest absolute Gasteiger partial charge is 0.339 e. The molecule has 0 aliphatic heterocycles. The minimum atomic E-state index is -1.02. The van der Waals surface area contributed by atoms with Crippen LogP contribution in [0, 0.1) is 0 Å². The molecule has 0 saturated carbocycles. The fourth-order valence-corrected chi connectivity index (χ4v) is 2.56. The molecule has 2 heterocycles. The normalized spacial score (nSPS) is 10.2. The number of aromatic nitrogens is 2. The number of carboxylic acid groups (broad SMARTS) is 1. The summed E-state index contributed by atoms with van der Waals surface area (Å²) in [4.78, 5) is 19.4. The van der Waals surface area contributed by atoms with Gasteiger partial charge in [-0.15, -0.1) is 11.3 Å². The summed E-state index contributed by atoms with van der Waals surface area (Å²) in [5, 5.41) is 10.8. The van der Waals surface area contributed by atoms with E-state index in [-0.39, 0.29) is 5.56 Å². The molecule has 2 aromatic rings. The van der Waals surface area contributed by atoms with E-state index in [0.717, 1.165) is 9.35 Å². The lowest BCUT2D eigenvalue weighted by Crippen LogP contribution is -2.01. The van der Waals surface area contributed by atoms with Crippen LogP contribution < -0.4 is 0 Å². The molecule has 0 atom stereocenters. The van der Waals surface area contributed by atoms with Gasteiger partial charge in [-0.05, 0) is 22.0 Å². The van der Waals surface area contributed by atoms with E-state index in [1.807, 2.05) is 11.4 Å². The highest BCUT2D eigenvalue weighted by molar-refractivity contribution is 9.10. The summed E-state index contributed by atoms with van der Waals surface area (Å²) < 4.78 is 0.914. The number of carboxylic acids is 1. The number of thiophene rings is 1. The third-order valence-electron chi connectivity index (χ3n) is 1.74. The fraction of sp³-hybridized carbons (Fsp3) is 0. The van der Waals surface area contributed by atoms with Gasteiger partial charge in [0, 0.05) is 16.0 Å². The topological polar surface area (TPSA) is 63.1 Å². The lowest BCUT2D eigenvalue weighted by Gasteiger charge is -2.00. The summed E-state index contributed by atoms with van der Waals surface area (Å²) in [5.74, 6) is -1.02. The summed E-state index contributed by atoms with van der Waals surface area (Å²) >= 11 is 4.74. The minimum Gasteiger partial charge on any atom is -0.478 e. The largest absolute Gasteiger partial charge is 0.478 e. The highest BCUT2D eigenvalue weighted by atomic mass is 79.9. The molecule has 0 bridgehead atoms. The van der Waals surface area contributed by atoms with Gasteiger partial charge in [-0.3, -0.25) is 0 Å². The zero-order chi connectivity index (χ0) is 10.8. The van der Waals surface area contributed by atoms with E-state index in [2.05, 4.69) is 25.9 Å². The van der Waals surface area contributed by atoms with Crippen molar-refractivity contribution in [2.24, 2.45) is 0 Å². The zero-order valence-corrected chi connectivity index (χ0v) is 9.75. The van der Waals surface area contributed by atoms with Gasteiger partial charge in [-0.1, -0.05) is 0 Å². The molecule has 0 saturated heterocycles. The third kappa shape index (κ3) is 2.05. The maximum atomic E-state index is 10.9. The number of aromatic carboxylic acids is 1. The standard InChI is InChI=1S/C9H5BrN2O2S/c10-5-1-7(15-3-5)8-6(9(13)14)2-11-4-12-8/h1-4H,(H,13,14). The fourth-order valence-electron chi connectivity index (χ4n) is 1.12. The second-order valence-corrected chi connectivity index (χ2v) is 4.55. The Bertz CT molecular complexity index is 512. The average molecular weight is 285 g/mol. The molecule has 1 N–H and O–H groups in total. The molecule has 15 heavy (non-hydrogen) atoms. The number of carbonyl (C=O) groups is 1. The maximum absolute atomic E-state index is 10.9. The van der Waals surface area contributed by atoms with Gasteiger partial charge in [0.05, 0.1) is 10.6 Å². The quantitative estimate of drug-likeness (QED) is 0.921. The van der Waals surface area contributed by atoms with E-state index < -0.39 is 5.97 Å². The average Bonchev–Trinajstić information content (AvgIpc) is 2.65. The molecule has 0 spiro atoms. The highest BCUT2D eigenvalue weighted by Crippen LogP contribution is 2.30. The Hall–Kier alpha value is -1.27. The van der Waals surface area contributed by atoms with Crippen LogP contribution in [0.15, 0.2) is 28.4 Å². The van der Waals surface area contributed by atoms with Crippen LogP contribution in [-0.4, -0.2) is 21.0 Å². The van der Waals surface area contributed by atoms with Crippen molar-refractivity contribution < 1.29 is 9.90 Å². The van der Waals surface area contributed by atoms with E-state index in [1.165, 1.54) is 23.9 Å². The lowest BCUT2D eigenvalue weighted by atomic mass is 10.2. The van der Waals surface area contributed by atoms with Crippen LogP contribution in [-0.2, 0) is 0 Å². The van der Waals surface area contributed by atoms with E-state index in [1.54, 1.807) is 0 Å². The van der Waals surface area contributed by atoms with Gasteiger partial charge < -0.3 is 5.11 Å². The van der Waals surface area contributed by atoms with E-state index in [4.69, 9.17) is 5.11 Å². The van der Waals surface area contributed by atoms with Crippen LogP contribution in [0.5, 0.6) is 0 Å². The zero-order valence-electron chi connectivity index (χ0n) is 7.35. The van der Waals surface area contributed by atoms with Gasteiger partial charge in [0.2, 0.25) is 0 Å². The second kappa shape index (κ2) is 4.08. The minimum absolute atomic E-state index is 0.117. The summed E-state index contributed by atoms with van der Waals surface area (Å²) in [6.07, 6.45) is 2.65. The van der Waals surface area contributed by atoms with Gasteiger partial charge >= 0.3 is 5.97 Å². The Balaban J connectivity index is 2.57. The van der Waals surface area contributed by atoms with Crippen molar-refractivity contribution in [1.29, 1.82) is 0 Å². The Labute approximate surface area is 97.8 Å². The molecule has 0 radical (unpaired) electrons. The number of rotatable bonds is 2. The summed E-state index contributed by atoms with van der Waals surface area (Å²) in [7, 11) is 0. The van der Waals surface area contributed by atoms with Crippen LogP contribution >= 0.6 is 27.3 Å². The van der Waals surface area contributed by atoms with E-state index in [9.17, 15) is 4.79 Å². The molecular formula is C9H5BrN2O2S. The number of hydrogen-bond acceptors (Lipinski definition) is 4. The van der Waals surface area contributed by atoms with Crippen molar-refractivity contribution in [2.45, 2.75) is 0 Å². The number of nitrogens with zero attached hydrogens (tertiary/aromatic N) is 2. The van der Waals surface area contributed by atoms with Crippen LogP contribution in [0.4, 0.5) is 0 Å². The predicted octanol–water partition coefficient (Wildman–Crippen LogP) is 2.67. The first kappa shape index (κ1) is 10.3. The van der Waals surface area contributed by atoms with Crippen LogP contribution in [0.25, 0.3) is 10.6 Å². The molecule has 0 aliphatic rings. The Morgan fingerprint density at radius 2 is 2.33 bits per heavy atom. The van der Waals surface area contributed by atoms with Gasteiger partial charge in [0.1, 0.15) is 11.9 Å². The summed E-state index contributed by atoms with van der Waals surface area (Å²) in [5.41, 5.74) is 0.569. The van der Waals surface area contributed by atoms with Gasteiger partial charge in [0.25, 0.3) is 0 Å². The Morgan fingerprint density at radius 1 is 1.53 bits per heavy atom. The van der Waals surface area contributed by atoms with Gasteiger partial charge in [0.15, 0.2) is 0 Å². The molecule has 0 fully saturated rings. The molecule has 0 aromatic carbocycles. The molecule has 4 nitrogen and oxygen atoms in total. The van der Waals surface area contributed by atoms with Crippen molar-refractivity contribution in [1.82, 2.24) is 9.97 Å².